The molecule has 0 spiro atoms. The van der Waals surface area contributed by atoms with Crippen LogP contribution in [-0.2, 0) is 6.42 Å². The summed E-state index contributed by atoms with van der Waals surface area (Å²) in [5.41, 5.74) is 1.96. The van der Waals surface area contributed by atoms with Gasteiger partial charge in [-0.15, -0.1) is 0 Å². The van der Waals surface area contributed by atoms with Gasteiger partial charge in [0.25, 0.3) is 0 Å². The summed E-state index contributed by atoms with van der Waals surface area (Å²) in [5.74, 6) is 1.83. The highest BCUT2D eigenvalue weighted by atomic mass is 16.7. The first kappa shape index (κ1) is 21.9. The number of methoxy groups -OCH3 is 1. The van der Waals surface area contributed by atoms with Crippen LogP contribution in [0.25, 0.3) is 28.2 Å². The zero-order chi connectivity index (χ0) is 24.2. The van der Waals surface area contributed by atoms with Crippen LogP contribution in [0.4, 0.5) is 0 Å². The Balaban J connectivity index is 1.85. The van der Waals surface area contributed by atoms with Gasteiger partial charge in [-0.3, -0.25) is 0 Å². The highest BCUT2D eigenvalue weighted by Crippen LogP contribution is 2.50. The Morgan fingerprint density at radius 1 is 1.21 bits per heavy atom. The molecule has 176 valence electrons. The molecule has 0 atom stereocenters. The first-order chi connectivity index (χ1) is 16.2. The maximum atomic E-state index is 13.2. The van der Waals surface area contributed by atoms with Crippen LogP contribution in [0.2, 0.25) is 0 Å². The van der Waals surface area contributed by atoms with Crippen molar-refractivity contribution in [2.45, 2.75) is 39.7 Å². The second-order valence-electron chi connectivity index (χ2n) is 9.16. The molecule has 0 amide bonds. The molecule has 2 aliphatic rings. The summed E-state index contributed by atoms with van der Waals surface area (Å²) in [5, 5.41) is 11.8. The van der Waals surface area contributed by atoms with Gasteiger partial charge in [0.2, 0.25) is 6.79 Å². The number of fused-ring (bicyclic) bond motifs is 4. The molecule has 0 bridgehead atoms. The van der Waals surface area contributed by atoms with Crippen molar-refractivity contribution in [3.8, 4) is 39.9 Å². The van der Waals surface area contributed by atoms with Crippen LogP contribution in [-0.4, -0.2) is 24.6 Å². The van der Waals surface area contributed by atoms with Crippen LogP contribution in [0.1, 0.15) is 38.8 Å². The number of ether oxygens (including phenoxy) is 4. The van der Waals surface area contributed by atoms with Gasteiger partial charge in [-0.1, -0.05) is 17.7 Å². The summed E-state index contributed by atoms with van der Waals surface area (Å²) >= 11 is 0. The second kappa shape index (κ2) is 7.87. The topological polar surface area (TPSA) is 87.4 Å². The van der Waals surface area contributed by atoms with Gasteiger partial charge in [0, 0.05) is 5.56 Å². The molecular formula is C27H26O7. The Morgan fingerprint density at radius 3 is 2.71 bits per heavy atom. The maximum absolute atomic E-state index is 13.2. The van der Waals surface area contributed by atoms with Crippen LogP contribution in [0, 0.1) is 0 Å². The van der Waals surface area contributed by atoms with E-state index in [1.165, 1.54) is 7.11 Å². The van der Waals surface area contributed by atoms with E-state index in [1.807, 2.05) is 39.8 Å². The predicted molar refractivity (Wildman–Crippen MR) is 129 cm³/mol. The molecule has 5 rings (SSSR count). The molecule has 0 fully saturated rings. The molecule has 2 aromatic carbocycles. The molecule has 34 heavy (non-hydrogen) atoms. The van der Waals surface area contributed by atoms with E-state index >= 15 is 0 Å². The first-order valence-electron chi connectivity index (χ1n) is 11.0. The van der Waals surface area contributed by atoms with Crippen molar-refractivity contribution in [1.29, 1.82) is 0 Å². The van der Waals surface area contributed by atoms with E-state index in [1.54, 1.807) is 18.2 Å². The molecule has 1 aromatic heterocycles. The fourth-order valence-corrected chi connectivity index (χ4v) is 4.32. The van der Waals surface area contributed by atoms with Crippen molar-refractivity contribution in [1.82, 2.24) is 0 Å². The molecule has 1 N–H and O–H groups in total. The first-order valence-corrected chi connectivity index (χ1v) is 11.0. The normalized spacial score (nSPS) is 15.1. The maximum Gasteiger partial charge on any atom is 0.348 e. The lowest BCUT2D eigenvalue weighted by Gasteiger charge is -2.31. The Morgan fingerprint density at radius 2 is 1.97 bits per heavy atom. The summed E-state index contributed by atoms with van der Waals surface area (Å²) in [6.45, 7) is 8.03. The standard InChI is InChI=1S/C27H26O7/c1-14(2)6-8-16-23-17(10-11-27(3,4)34-23)25-21(24(16)30-5)22(28)20(26(29)33-25)15-7-9-18-19(12-15)32-13-31-18/h6-7,9-12,28H,8,13H2,1-5H3. The quantitative estimate of drug-likeness (QED) is 0.399. The predicted octanol–water partition coefficient (Wildman–Crippen LogP) is 5.60. The minimum atomic E-state index is -0.677. The Hall–Kier alpha value is -3.87. The summed E-state index contributed by atoms with van der Waals surface area (Å²) in [6, 6.07) is 5.04. The zero-order valence-electron chi connectivity index (χ0n) is 19.8. The summed E-state index contributed by atoms with van der Waals surface area (Å²) in [4.78, 5) is 13.2. The highest BCUT2D eigenvalue weighted by Gasteiger charge is 2.32. The van der Waals surface area contributed by atoms with Crippen LogP contribution in [0.5, 0.6) is 28.7 Å². The highest BCUT2D eigenvalue weighted by molar-refractivity contribution is 6.02. The van der Waals surface area contributed by atoms with E-state index in [2.05, 4.69) is 6.08 Å². The minimum absolute atomic E-state index is 0.0262. The van der Waals surface area contributed by atoms with Crippen molar-refractivity contribution in [3.63, 3.8) is 0 Å². The van der Waals surface area contributed by atoms with E-state index in [4.69, 9.17) is 23.4 Å². The lowest BCUT2D eigenvalue weighted by molar-refractivity contribution is 0.157. The molecule has 2 aliphatic heterocycles. The van der Waals surface area contributed by atoms with Crippen molar-refractivity contribution in [2.24, 2.45) is 0 Å². The van der Waals surface area contributed by atoms with E-state index in [-0.39, 0.29) is 23.7 Å². The second-order valence-corrected chi connectivity index (χ2v) is 9.16. The molecular weight excluding hydrogens is 436 g/mol. The molecule has 0 unspecified atom stereocenters. The van der Waals surface area contributed by atoms with Crippen molar-refractivity contribution in [3.05, 3.63) is 57.5 Å². The fraction of sp³-hybridized carbons (Fsp3) is 0.296. The Labute approximate surface area is 196 Å². The number of hydrogen-bond acceptors (Lipinski definition) is 7. The molecule has 0 radical (unpaired) electrons. The van der Waals surface area contributed by atoms with Gasteiger partial charge in [0.1, 0.15) is 33.8 Å². The van der Waals surface area contributed by atoms with Crippen LogP contribution in [0.15, 0.2) is 45.1 Å². The van der Waals surface area contributed by atoms with Crippen LogP contribution < -0.4 is 24.6 Å². The average molecular weight is 462 g/mol. The third-order valence-corrected chi connectivity index (χ3v) is 5.96. The third kappa shape index (κ3) is 3.48. The monoisotopic (exact) mass is 462 g/mol. The Bertz CT molecular complexity index is 1440. The van der Waals surface area contributed by atoms with Crippen molar-refractivity contribution < 1.29 is 28.5 Å². The largest absolute Gasteiger partial charge is 0.506 e. The zero-order valence-corrected chi connectivity index (χ0v) is 19.8. The van der Waals surface area contributed by atoms with Crippen LogP contribution in [0.3, 0.4) is 0 Å². The minimum Gasteiger partial charge on any atom is -0.506 e. The van der Waals surface area contributed by atoms with E-state index < -0.39 is 11.2 Å². The van der Waals surface area contributed by atoms with E-state index in [0.717, 1.165) is 11.1 Å². The smallest absolute Gasteiger partial charge is 0.348 e. The summed E-state index contributed by atoms with van der Waals surface area (Å²) in [6.07, 6.45) is 6.35. The van der Waals surface area contributed by atoms with Gasteiger partial charge in [0.05, 0.1) is 12.7 Å². The molecule has 3 aromatic rings. The number of allylic oxidation sites excluding steroid dienone is 2. The summed E-state index contributed by atoms with van der Waals surface area (Å²) in [7, 11) is 1.53. The number of hydrogen-bond donors (Lipinski definition) is 1. The van der Waals surface area contributed by atoms with Gasteiger partial charge >= 0.3 is 5.63 Å². The molecule has 0 aliphatic carbocycles. The molecule has 7 heteroatoms. The number of aromatic hydroxyl groups is 1. The number of benzene rings is 2. The van der Waals surface area contributed by atoms with Crippen molar-refractivity contribution >= 4 is 17.0 Å². The SMILES string of the molecule is COc1c(CC=C(C)C)c2c(c3oc(=O)c(-c4ccc5c(c4)OCO5)c(O)c13)C=CC(C)(C)O2. The van der Waals surface area contributed by atoms with Gasteiger partial charge in [0.15, 0.2) is 17.1 Å². The molecule has 0 saturated heterocycles. The summed E-state index contributed by atoms with van der Waals surface area (Å²) < 4.78 is 28.8. The van der Waals surface area contributed by atoms with Gasteiger partial charge in [-0.05, 0) is 64.0 Å². The van der Waals surface area contributed by atoms with Gasteiger partial charge in [-0.25, -0.2) is 4.79 Å². The molecule has 3 heterocycles. The van der Waals surface area contributed by atoms with E-state index in [9.17, 15) is 9.90 Å². The van der Waals surface area contributed by atoms with Crippen LogP contribution >= 0.6 is 0 Å². The molecule has 7 nitrogen and oxygen atoms in total. The lowest BCUT2D eigenvalue weighted by Crippen LogP contribution is -2.28. The number of rotatable bonds is 4. The Kier molecular flexibility index (Phi) is 5.08. The lowest BCUT2D eigenvalue weighted by atomic mass is 9.93. The van der Waals surface area contributed by atoms with Gasteiger partial charge in [-0.2, -0.15) is 0 Å². The van der Waals surface area contributed by atoms with Gasteiger partial charge < -0.3 is 28.5 Å². The molecule has 0 saturated carbocycles. The third-order valence-electron chi connectivity index (χ3n) is 5.96. The van der Waals surface area contributed by atoms with E-state index in [0.29, 0.717) is 45.9 Å². The average Bonchev–Trinajstić information content (AvgIpc) is 3.24. The van der Waals surface area contributed by atoms with Crippen molar-refractivity contribution in [2.75, 3.05) is 13.9 Å². The fourth-order valence-electron chi connectivity index (χ4n) is 4.32.